The van der Waals surface area contributed by atoms with Gasteiger partial charge in [0.05, 0.1) is 25.0 Å². The third kappa shape index (κ3) is 3.94. The van der Waals surface area contributed by atoms with Crippen molar-refractivity contribution in [3.8, 4) is 11.8 Å². The van der Waals surface area contributed by atoms with Crippen LogP contribution in [0.1, 0.15) is 25.8 Å². The molecule has 0 aromatic heterocycles. The molecule has 98 valence electrons. The highest BCUT2D eigenvalue weighted by molar-refractivity contribution is 5.60. The van der Waals surface area contributed by atoms with Gasteiger partial charge in [-0.1, -0.05) is 13.8 Å². The molecule has 0 radical (unpaired) electrons. The van der Waals surface area contributed by atoms with Crippen LogP contribution in [-0.4, -0.2) is 24.9 Å². The van der Waals surface area contributed by atoms with Crippen molar-refractivity contribution in [2.45, 2.75) is 26.3 Å². The molecule has 0 heterocycles. The van der Waals surface area contributed by atoms with E-state index in [1.54, 1.807) is 25.3 Å². The Morgan fingerprint density at radius 3 is 2.67 bits per heavy atom. The van der Waals surface area contributed by atoms with Crippen molar-refractivity contribution in [1.29, 1.82) is 5.26 Å². The fourth-order valence-corrected chi connectivity index (χ4v) is 1.84. The Kier molecular flexibility index (Phi) is 5.47. The summed E-state index contributed by atoms with van der Waals surface area (Å²) in [5.74, 6) is 1.17. The minimum atomic E-state index is -0.0517. The first kappa shape index (κ1) is 14.3. The number of anilines is 1. The quantitative estimate of drug-likeness (QED) is 0.811. The molecule has 1 rings (SSSR count). The number of aliphatic hydroxyl groups excluding tert-OH is 1. The fourth-order valence-electron chi connectivity index (χ4n) is 1.84. The van der Waals surface area contributed by atoms with Gasteiger partial charge < -0.3 is 15.2 Å². The minimum Gasteiger partial charge on any atom is -0.497 e. The van der Waals surface area contributed by atoms with Crippen LogP contribution in [0.25, 0.3) is 0 Å². The number of rotatable bonds is 6. The summed E-state index contributed by atoms with van der Waals surface area (Å²) >= 11 is 0. The maximum Gasteiger partial charge on any atom is 0.121 e. The summed E-state index contributed by atoms with van der Waals surface area (Å²) < 4.78 is 5.14. The number of nitriles is 1. The van der Waals surface area contributed by atoms with Gasteiger partial charge in [-0.05, 0) is 24.5 Å². The zero-order valence-electron chi connectivity index (χ0n) is 11.1. The van der Waals surface area contributed by atoms with E-state index >= 15 is 0 Å². The molecule has 0 saturated carbocycles. The van der Waals surface area contributed by atoms with Crippen LogP contribution in [0.15, 0.2) is 18.2 Å². The number of ether oxygens (including phenoxy) is 1. The van der Waals surface area contributed by atoms with Crippen LogP contribution in [0.3, 0.4) is 0 Å². The third-order valence-electron chi connectivity index (χ3n) is 2.68. The Labute approximate surface area is 108 Å². The lowest BCUT2D eigenvalue weighted by Crippen LogP contribution is -2.26. The van der Waals surface area contributed by atoms with Crippen LogP contribution in [0.5, 0.6) is 5.75 Å². The first-order chi connectivity index (χ1) is 8.60. The van der Waals surface area contributed by atoms with Gasteiger partial charge in [0, 0.05) is 12.1 Å². The van der Waals surface area contributed by atoms with Gasteiger partial charge in [-0.25, -0.2) is 0 Å². The van der Waals surface area contributed by atoms with Crippen LogP contribution in [-0.2, 0) is 0 Å². The topological polar surface area (TPSA) is 65.3 Å². The molecule has 0 spiro atoms. The maximum atomic E-state index is 9.35. The summed E-state index contributed by atoms with van der Waals surface area (Å²) in [7, 11) is 1.59. The van der Waals surface area contributed by atoms with E-state index in [4.69, 9.17) is 10.00 Å². The number of hydrogen-bond acceptors (Lipinski definition) is 4. The van der Waals surface area contributed by atoms with Crippen LogP contribution in [0.2, 0.25) is 0 Å². The predicted molar refractivity (Wildman–Crippen MR) is 71.7 cm³/mol. The van der Waals surface area contributed by atoms with E-state index < -0.39 is 0 Å². The van der Waals surface area contributed by atoms with E-state index in [1.165, 1.54) is 0 Å². The molecule has 1 aromatic carbocycles. The Morgan fingerprint density at radius 1 is 1.44 bits per heavy atom. The van der Waals surface area contributed by atoms with Gasteiger partial charge in [0.1, 0.15) is 11.8 Å². The van der Waals surface area contributed by atoms with Gasteiger partial charge in [0.25, 0.3) is 0 Å². The molecule has 4 nitrogen and oxygen atoms in total. The zero-order valence-corrected chi connectivity index (χ0v) is 11.1. The molecule has 0 fully saturated rings. The number of methoxy groups -OCH3 is 1. The van der Waals surface area contributed by atoms with Crippen LogP contribution < -0.4 is 10.1 Å². The number of aliphatic hydroxyl groups is 1. The number of nitrogens with one attached hydrogen (secondary N) is 1. The SMILES string of the molecule is COc1ccc(C#N)c(NC(CO)CC(C)C)c1. The van der Waals surface area contributed by atoms with E-state index in [0.29, 0.717) is 22.9 Å². The highest BCUT2D eigenvalue weighted by Gasteiger charge is 2.12. The highest BCUT2D eigenvalue weighted by atomic mass is 16.5. The Bertz CT molecular complexity index is 424. The van der Waals surface area contributed by atoms with E-state index in [0.717, 1.165) is 6.42 Å². The van der Waals surface area contributed by atoms with Crippen molar-refractivity contribution >= 4 is 5.69 Å². The standard InChI is InChI=1S/C14H20N2O2/c1-10(2)6-12(9-17)16-14-7-13(18-3)5-4-11(14)8-15/h4-5,7,10,12,16-17H,6,9H2,1-3H3. The molecule has 0 aliphatic carbocycles. The molecule has 2 N–H and O–H groups in total. The summed E-state index contributed by atoms with van der Waals surface area (Å²) in [5.41, 5.74) is 1.26. The van der Waals surface area contributed by atoms with Gasteiger partial charge in [0.15, 0.2) is 0 Å². The third-order valence-corrected chi connectivity index (χ3v) is 2.68. The lowest BCUT2D eigenvalue weighted by atomic mass is 10.0. The Balaban J connectivity index is 2.90. The lowest BCUT2D eigenvalue weighted by molar-refractivity contribution is 0.259. The predicted octanol–water partition coefficient (Wildman–Crippen LogP) is 2.39. The molecule has 1 unspecified atom stereocenters. The number of nitrogens with zero attached hydrogens (tertiary/aromatic N) is 1. The van der Waals surface area contributed by atoms with E-state index in [-0.39, 0.29) is 12.6 Å². The molecule has 0 amide bonds. The van der Waals surface area contributed by atoms with Crippen molar-refractivity contribution in [2.24, 2.45) is 5.92 Å². The smallest absolute Gasteiger partial charge is 0.121 e. The summed E-state index contributed by atoms with van der Waals surface area (Å²) in [5, 5.41) is 21.6. The molecule has 18 heavy (non-hydrogen) atoms. The van der Waals surface area contributed by atoms with Crippen molar-refractivity contribution in [2.75, 3.05) is 19.0 Å². The molecule has 0 aliphatic rings. The van der Waals surface area contributed by atoms with Gasteiger partial charge in [0.2, 0.25) is 0 Å². The van der Waals surface area contributed by atoms with Crippen LogP contribution in [0.4, 0.5) is 5.69 Å². The summed E-state index contributed by atoms with van der Waals surface area (Å²) in [6.45, 7) is 4.24. The minimum absolute atomic E-state index is 0.0419. The second-order valence-corrected chi connectivity index (χ2v) is 4.68. The average Bonchev–Trinajstić information content (AvgIpc) is 2.37. The van der Waals surface area contributed by atoms with Crippen LogP contribution >= 0.6 is 0 Å². The molecule has 0 aliphatic heterocycles. The first-order valence-corrected chi connectivity index (χ1v) is 6.06. The second-order valence-electron chi connectivity index (χ2n) is 4.68. The molecular weight excluding hydrogens is 228 g/mol. The Morgan fingerprint density at radius 2 is 2.17 bits per heavy atom. The molecular formula is C14H20N2O2. The van der Waals surface area contributed by atoms with E-state index in [1.807, 2.05) is 0 Å². The van der Waals surface area contributed by atoms with E-state index in [9.17, 15) is 5.11 Å². The van der Waals surface area contributed by atoms with Crippen molar-refractivity contribution < 1.29 is 9.84 Å². The maximum absolute atomic E-state index is 9.35. The fraction of sp³-hybridized carbons (Fsp3) is 0.500. The highest BCUT2D eigenvalue weighted by Crippen LogP contribution is 2.23. The van der Waals surface area contributed by atoms with E-state index in [2.05, 4.69) is 25.2 Å². The lowest BCUT2D eigenvalue weighted by Gasteiger charge is -2.20. The van der Waals surface area contributed by atoms with Crippen LogP contribution in [0, 0.1) is 17.2 Å². The number of hydrogen-bond donors (Lipinski definition) is 2. The van der Waals surface area contributed by atoms with Crippen molar-refractivity contribution in [3.05, 3.63) is 23.8 Å². The molecule has 0 bridgehead atoms. The Hall–Kier alpha value is -1.73. The zero-order chi connectivity index (χ0) is 13.5. The monoisotopic (exact) mass is 248 g/mol. The second kappa shape index (κ2) is 6.87. The van der Waals surface area contributed by atoms with Gasteiger partial charge in [-0.15, -0.1) is 0 Å². The average molecular weight is 248 g/mol. The summed E-state index contributed by atoms with van der Waals surface area (Å²) in [4.78, 5) is 0. The molecule has 4 heteroatoms. The molecule has 1 aromatic rings. The van der Waals surface area contributed by atoms with Gasteiger partial charge in [-0.3, -0.25) is 0 Å². The molecule has 0 saturated heterocycles. The van der Waals surface area contributed by atoms with Gasteiger partial charge >= 0.3 is 0 Å². The summed E-state index contributed by atoms with van der Waals surface area (Å²) in [6.07, 6.45) is 0.846. The first-order valence-electron chi connectivity index (χ1n) is 6.06. The van der Waals surface area contributed by atoms with Crippen molar-refractivity contribution in [3.63, 3.8) is 0 Å². The molecule has 1 atom stereocenters. The summed E-state index contributed by atoms with van der Waals surface area (Å²) in [6, 6.07) is 7.32. The van der Waals surface area contributed by atoms with Crippen molar-refractivity contribution in [1.82, 2.24) is 0 Å². The van der Waals surface area contributed by atoms with Gasteiger partial charge in [-0.2, -0.15) is 5.26 Å². The largest absolute Gasteiger partial charge is 0.497 e. The number of benzene rings is 1. The normalized spacial score (nSPS) is 12.0.